The number of benzene rings is 2. The molecule has 0 spiro atoms. The van der Waals surface area contributed by atoms with Crippen molar-refractivity contribution in [3.05, 3.63) is 58.3 Å². The summed E-state index contributed by atoms with van der Waals surface area (Å²) in [4.78, 5) is 11.6. The molecule has 2 aromatic carbocycles. The van der Waals surface area contributed by atoms with Gasteiger partial charge in [-0.25, -0.2) is 12.8 Å². The Morgan fingerprint density at radius 1 is 1.23 bits per heavy atom. The third kappa shape index (κ3) is 4.22. The lowest BCUT2D eigenvalue weighted by molar-refractivity contribution is -0.122. The molecule has 26 heavy (non-hydrogen) atoms. The smallest absolute Gasteiger partial charge is 0.243 e. The van der Waals surface area contributed by atoms with Crippen LogP contribution in [0.25, 0.3) is 0 Å². The van der Waals surface area contributed by atoms with E-state index in [1.165, 1.54) is 18.2 Å². The van der Waals surface area contributed by atoms with Crippen LogP contribution < -0.4 is 10.6 Å². The first kappa shape index (κ1) is 18.8. The molecule has 3 rings (SSSR count). The Morgan fingerprint density at radius 2 is 2.04 bits per heavy atom. The first-order valence-corrected chi connectivity index (χ1v) is 10.1. The molecule has 1 saturated heterocycles. The van der Waals surface area contributed by atoms with Crippen LogP contribution in [0.2, 0.25) is 0 Å². The van der Waals surface area contributed by atoms with Crippen LogP contribution in [0.4, 0.5) is 10.1 Å². The second kappa shape index (κ2) is 7.73. The van der Waals surface area contributed by atoms with Gasteiger partial charge in [0.25, 0.3) is 0 Å². The number of piperazine rings is 1. The molecule has 1 fully saturated rings. The van der Waals surface area contributed by atoms with Crippen molar-refractivity contribution in [1.82, 2.24) is 9.62 Å². The molecule has 0 atom stereocenters. The molecule has 1 aliphatic heterocycles. The van der Waals surface area contributed by atoms with Crippen LogP contribution in [0.5, 0.6) is 0 Å². The van der Waals surface area contributed by atoms with Gasteiger partial charge in [0, 0.05) is 35.4 Å². The van der Waals surface area contributed by atoms with Gasteiger partial charge in [-0.05, 0) is 30.3 Å². The predicted molar refractivity (Wildman–Crippen MR) is 99.6 cm³/mol. The summed E-state index contributed by atoms with van der Waals surface area (Å²) in [5.41, 5.74) is 1.02. The number of hydrogen-bond donors (Lipinski definition) is 2. The Balaban J connectivity index is 1.76. The first-order valence-electron chi connectivity index (χ1n) is 7.91. The number of rotatable bonds is 5. The second-order valence-corrected chi connectivity index (χ2v) is 8.66. The molecule has 1 amide bonds. The lowest BCUT2D eigenvalue weighted by Gasteiger charge is -2.26. The SMILES string of the molecule is O=C1CN(S(=O)(=O)c2cccc(NCc3ccc(Br)cc3F)c2)CCN1. The van der Waals surface area contributed by atoms with Gasteiger partial charge in [-0.2, -0.15) is 4.31 Å². The maximum absolute atomic E-state index is 13.9. The zero-order valence-electron chi connectivity index (χ0n) is 13.7. The Bertz CT molecular complexity index is 937. The molecule has 0 bridgehead atoms. The number of carbonyl (C=O) groups excluding carboxylic acids is 1. The average Bonchev–Trinajstić information content (AvgIpc) is 2.61. The summed E-state index contributed by atoms with van der Waals surface area (Å²) < 4.78 is 41.1. The van der Waals surface area contributed by atoms with E-state index in [9.17, 15) is 17.6 Å². The molecule has 6 nitrogen and oxygen atoms in total. The highest BCUT2D eigenvalue weighted by molar-refractivity contribution is 9.10. The lowest BCUT2D eigenvalue weighted by Crippen LogP contribution is -2.49. The van der Waals surface area contributed by atoms with Crippen molar-refractivity contribution in [1.29, 1.82) is 0 Å². The summed E-state index contributed by atoms with van der Waals surface area (Å²) in [6.07, 6.45) is 0. The van der Waals surface area contributed by atoms with Crippen LogP contribution in [0, 0.1) is 5.82 Å². The van der Waals surface area contributed by atoms with Gasteiger partial charge in [0.2, 0.25) is 15.9 Å². The molecule has 138 valence electrons. The Kier molecular flexibility index (Phi) is 5.59. The maximum atomic E-state index is 13.9. The van der Waals surface area contributed by atoms with E-state index in [1.807, 2.05) is 0 Å². The van der Waals surface area contributed by atoms with Crippen LogP contribution in [-0.4, -0.2) is 38.3 Å². The number of nitrogens with zero attached hydrogens (tertiary/aromatic N) is 1. The van der Waals surface area contributed by atoms with Crippen molar-refractivity contribution in [2.45, 2.75) is 11.4 Å². The third-order valence-electron chi connectivity index (χ3n) is 3.97. The van der Waals surface area contributed by atoms with E-state index in [1.54, 1.807) is 24.3 Å². The third-order valence-corrected chi connectivity index (χ3v) is 6.31. The standard InChI is InChI=1S/C17H17BrFN3O3S/c18-13-5-4-12(16(19)8-13)10-21-14-2-1-3-15(9-14)26(24,25)22-7-6-20-17(23)11-22/h1-5,8-9,21H,6-7,10-11H2,(H,20,23). The molecule has 9 heteroatoms. The monoisotopic (exact) mass is 441 g/mol. The van der Waals surface area contributed by atoms with E-state index in [0.29, 0.717) is 22.3 Å². The molecule has 0 saturated carbocycles. The van der Waals surface area contributed by atoms with Crippen molar-refractivity contribution < 1.29 is 17.6 Å². The van der Waals surface area contributed by atoms with Crippen molar-refractivity contribution in [3.63, 3.8) is 0 Å². The quantitative estimate of drug-likeness (QED) is 0.745. The van der Waals surface area contributed by atoms with Gasteiger partial charge in [0.15, 0.2) is 0 Å². The summed E-state index contributed by atoms with van der Waals surface area (Å²) in [6, 6.07) is 11.0. The molecule has 0 unspecified atom stereocenters. The predicted octanol–water partition coefficient (Wildman–Crippen LogP) is 2.32. The van der Waals surface area contributed by atoms with Crippen LogP contribution in [-0.2, 0) is 21.4 Å². The van der Waals surface area contributed by atoms with Crippen molar-refractivity contribution in [3.8, 4) is 0 Å². The van der Waals surface area contributed by atoms with Crippen LogP contribution in [0.1, 0.15) is 5.56 Å². The minimum Gasteiger partial charge on any atom is -0.381 e. The van der Waals surface area contributed by atoms with Crippen molar-refractivity contribution in [2.75, 3.05) is 25.0 Å². The molecule has 1 aliphatic rings. The molecule has 0 aliphatic carbocycles. The molecule has 1 heterocycles. The molecule has 2 aromatic rings. The van der Waals surface area contributed by atoms with E-state index in [2.05, 4.69) is 26.6 Å². The summed E-state index contributed by atoms with van der Waals surface area (Å²) in [5, 5.41) is 5.63. The summed E-state index contributed by atoms with van der Waals surface area (Å²) in [7, 11) is -3.76. The largest absolute Gasteiger partial charge is 0.381 e. The van der Waals surface area contributed by atoms with E-state index in [-0.39, 0.29) is 36.3 Å². The zero-order chi connectivity index (χ0) is 18.7. The van der Waals surface area contributed by atoms with E-state index in [4.69, 9.17) is 0 Å². The number of carbonyl (C=O) groups is 1. The number of nitrogens with one attached hydrogen (secondary N) is 2. The molecule has 0 radical (unpaired) electrons. The van der Waals surface area contributed by atoms with Gasteiger partial charge in [-0.1, -0.05) is 28.1 Å². The van der Waals surface area contributed by atoms with Crippen LogP contribution in [0.3, 0.4) is 0 Å². The minimum atomic E-state index is -3.76. The Morgan fingerprint density at radius 3 is 2.77 bits per heavy atom. The van der Waals surface area contributed by atoms with E-state index in [0.717, 1.165) is 4.31 Å². The molecular weight excluding hydrogens is 425 g/mol. The second-order valence-electron chi connectivity index (χ2n) is 5.81. The van der Waals surface area contributed by atoms with Crippen molar-refractivity contribution >= 4 is 37.5 Å². The first-order chi connectivity index (χ1) is 12.4. The Hall–Kier alpha value is -1.97. The average molecular weight is 442 g/mol. The molecular formula is C17H17BrFN3O3S. The van der Waals surface area contributed by atoms with Gasteiger partial charge >= 0.3 is 0 Å². The highest BCUT2D eigenvalue weighted by atomic mass is 79.9. The summed E-state index contributed by atoms with van der Waals surface area (Å²) >= 11 is 3.21. The van der Waals surface area contributed by atoms with E-state index >= 15 is 0 Å². The van der Waals surface area contributed by atoms with Gasteiger partial charge in [-0.15, -0.1) is 0 Å². The fraction of sp³-hybridized carbons (Fsp3) is 0.235. The lowest BCUT2D eigenvalue weighted by atomic mass is 10.2. The highest BCUT2D eigenvalue weighted by Crippen LogP contribution is 2.21. The number of anilines is 1. The molecule has 0 aromatic heterocycles. The fourth-order valence-electron chi connectivity index (χ4n) is 2.60. The Labute approximate surface area is 159 Å². The van der Waals surface area contributed by atoms with Crippen molar-refractivity contribution in [2.24, 2.45) is 0 Å². The highest BCUT2D eigenvalue weighted by Gasteiger charge is 2.29. The summed E-state index contributed by atoms with van der Waals surface area (Å²) in [6.45, 7) is 0.549. The normalized spacial score (nSPS) is 15.5. The topological polar surface area (TPSA) is 78.5 Å². The molecule has 2 N–H and O–H groups in total. The zero-order valence-corrected chi connectivity index (χ0v) is 16.1. The number of amides is 1. The van der Waals surface area contributed by atoms with E-state index < -0.39 is 10.0 Å². The maximum Gasteiger partial charge on any atom is 0.243 e. The number of halogens is 2. The van der Waals surface area contributed by atoms with Crippen LogP contribution in [0.15, 0.2) is 51.8 Å². The number of hydrogen-bond acceptors (Lipinski definition) is 4. The fourth-order valence-corrected chi connectivity index (χ4v) is 4.37. The van der Waals surface area contributed by atoms with Gasteiger partial charge in [0.05, 0.1) is 11.4 Å². The van der Waals surface area contributed by atoms with Gasteiger partial charge in [-0.3, -0.25) is 4.79 Å². The van der Waals surface area contributed by atoms with Gasteiger partial charge < -0.3 is 10.6 Å². The summed E-state index contributed by atoms with van der Waals surface area (Å²) in [5.74, 6) is -0.671. The van der Waals surface area contributed by atoms with Crippen LogP contribution >= 0.6 is 15.9 Å². The minimum absolute atomic E-state index is 0.0912. The van der Waals surface area contributed by atoms with Gasteiger partial charge in [0.1, 0.15) is 5.82 Å². The number of sulfonamides is 1.